The Labute approximate surface area is 107 Å². The van der Waals surface area contributed by atoms with Crippen LogP contribution < -0.4 is 5.32 Å². The van der Waals surface area contributed by atoms with Crippen LogP contribution in [0.2, 0.25) is 0 Å². The number of nitrogens with one attached hydrogen (secondary N) is 1. The molecule has 0 heterocycles. The third-order valence-corrected chi connectivity index (χ3v) is 3.43. The summed E-state index contributed by atoms with van der Waals surface area (Å²) in [4.78, 5) is 2.21. The van der Waals surface area contributed by atoms with Gasteiger partial charge in [0, 0.05) is 12.6 Å². The molecule has 1 N–H and O–H groups in total. The van der Waals surface area contributed by atoms with Crippen molar-refractivity contribution in [3.8, 4) is 6.07 Å². The number of rotatable bonds is 5. The lowest BCUT2D eigenvalue weighted by Gasteiger charge is -2.25. The van der Waals surface area contributed by atoms with Crippen LogP contribution in [0.4, 0.5) is 10.1 Å². The van der Waals surface area contributed by atoms with Gasteiger partial charge in [-0.3, -0.25) is 0 Å². The van der Waals surface area contributed by atoms with Gasteiger partial charge in [0.15, 0.2) is 0 Å². The van der Waals surface area contributed by atoms with Crippen molar-refractivity contribution in [3.63, 3.8) is 0 Å². The van der Waals surface area contributed by atoms with E-state index in [0.717, 1.165) is 12.5 Å². The first-order valence-electron chi connectivity index (χ1n) is 6.21. The average molecular weight is 247 g/mol. The molecule has 1 aliphatic carbocycles. The molecule has 1 aromatic rings. The van der Waals surface area contributed by atoms with Crippen molar-refractivity contribution < 1.29 is 4.39 Å². The summed E-state index contributed by atoms with van der Waals surface area (Å²) in [6, 6.07) is 6.77. The predicted molar refractivity (Wildman–Crippen MR) is 69.8 cm³/mol. The topological polar surface area (TPSA) is 39.1 Å². The molecule has 1 atom stereocenters. The number of benzene rings is 1. The molecule has 0 amide bonds. The summed E-state index contributed by atoms with van der Waals surface area (Å²) in [7, 11) is 4.14. The molecule has 3 nitrogen and oxygen atoms in total. The standard InChI is InChI=1S/C14H18FN3/c1-18(2)14(10-3-4-10)9-17-13-6-5-12(15)7-11(13)8-16/h5-7,10,14,17H,3-4,9H2,1-2H3. The fourth-order valence-electron chi connectivity index (χ4n) is 2.23. The van der Waals surface area contributed by atoms with E-state index in [1.807, 2.05) is 6.07 Å². The lowest BCUT2D eigenvalue weighted by Crippen LogP contribution is -2.36. The fraction of sp³-hybridized carbons (Fsp3) is 0.500. The van der Waals surface area contributed by atoms with Crippen molar-refractivity contribution in [1.29, 1.82) is 5.26 Å². The molecule has 1 fully saturated rings. The summed E-state index contributed by atoms with van der Waals surface area (Å²) < 4.78 is 13.0. The van der Waals surface area contributed by atoms with Crippen molar-refractivity contribution in [2.75, 3.05) is 26.0 Å². The first kappa shape index (κ1) is 12.8. The van der Waals surface area contributed by atoms with Crippen LogP contribution in [0.5, 0.6) is 0 Å². The van der Waals surface area contributed by atoms with Crippen molar-refractivity contribution in [1.82, 2.24) is 4.90 Å². The van der Waals surface area contributed by atoms with Crippen LogP contribution in [0.25, 0.3) is 0 Å². The Balaban J connectivity index is 2.03. The van der Waals surface area contributed by atoms with Gasteiger partial charge in [-0.05, 0) is 51.1 Å². The molecule has 0 aliphatic heterocycles. The van der Waals surface area contributed by atoms with Crippen LogP contribution in [0.3, 0.4) is 0 Å². The Morgan fingerprint density at radius 2 is 2.22 bits per heavy atom. The van der Waals surface area contributed by atoms with E-state index in [0.29, 0.717) is 17.3 Å². The SMILES string of the molecule is CN(C)C(CNc1ccc(F)cc1C#N)C1CC1. The molecular weight excluding hydrogens is 229 g/mol. The molecule has 0 spiro atoms. The van der Waals surface area contributed by atoms with Gasteiger partial charge in [0.05, 0.1) is 11.3 Å². The molecule has 1 aromatic carbocycles. The van der Waals surface area contributed by atoms with Gasteiger partial charge in [-0.1, -0.05) is 0 Å². The Morgan fingerprint density at radius 3 is 2.78 bits per heavy atom. The smallest absolute Gasteiger partial charge is 0.124 e. The summed E-state index contributed by atoms with van der Waals surface area (Å²) in [6.45, 7) is 0.790. The second kappa shape index (κ2) is 5.36. The molecule has 1 aliphatic rings. The Kier molecular flexibility index (Phi) is 3.83. The highest BCUT2D eigenvalue weighted by atomic mass is 19.1. The lowest BCUT2D eigenvalue weighted by molar-refractivity contribution is 0.276. The zero-order valence-corrected chi connectivity index (χ0v) is 10.8. The molecule has 1 unspecified atom stereocenters. The molecular formula is C14H18FN3. The normalized spacial score (nSPS) is 16.4. The molecule has 0 bridgehead atoms. The van der Waals surface area contributed by atoms with Gasteiger partial charge in [-0.2, -0.15) is 5.26 Å². The van der Waals surface area contributed by atoms with Gasteiger partial charge >= 0.3 is 0 Å². The van der Waals surface area contributed by atoms with E-state index in [1.165, 1.54) is 25.0 Å². The van der Waals surface area contributed by atoms with E-state index in [-0.39, 0.29) is 5.82 Å². The van der Waals surface area contributed by atoms with E-state index in [2.05, 4.69) is 24.3 Å². The molecule has 0 saturated heterocycles. The Hall–Kier alpha value is -1.60. The molecule has 2 rings (SSSR count). The summed E-state index contributed by atoms with van der Waals surface area (Å²) >= 11 is 0. The highest BCUT2D eigenvalue weighted by Gasteiger charge is 2.32. The first-order chi connectivity index (χ1) is 8.61. The number of hydrogen-bond acceptors (Lipinski definition) is 3. The summed E-state index contributed by atoms with van der Waals surface area (Å²) in [5.41, 5.74) is 1.08. The van der Waals surface area contributed by atoms with E-state index in [4.69, 9.17) is 5.26 Å². The zero-order valence-electron chi connectivity index (χ0n) is 10.8. The minimum Gasteiger partial charge on any atom is -0.382 e. The van der Waals surface area contributed by atoms with Gasteiger partial charge < -0.3 is 10.2 Å². The van der Waals surface area contributed by atoms with Gasteiger partial charge in [-0.25, -0.2) is 4.39 Å². The molecule has 0 radical (unpaired) electrons. The quantitative estimate of drug-likeness (QED) is 0.868. The second-order valence-electron chi connectivity index (χ2n) is 5.05. The van der Waals surface area contributed by atoms with Crippen LogP contribution in [-0.2, 0) is 0 Å². The number of hydrogen-bond donors (Lipinski definition) is 1. The third kappa shape index (κ3) is 2.99. The number of halogens is 1. The molecule has 4 heteroatoms. The number of likely N-dealkylation sites (N-methyl/N-ethyl adjacent to an activating group) is 1. The number of nitriles is 1. The Bertz CT molecular complexity index is 459. The van der Waals surface area contributed by atoms with Crippen molar-refractivity contribution in [2.45, 2.75) is 18.9 Å². The number of anilines is 1. The monoisotopic (exact) mass is 247 g/mol. The van der Waals surface area contributed by atoms with Gasteiger partial charge in [0.2, 0.25) is 0 Å². The summed E-state index contributed by atoms with van der Waals surface area (Å²) in [6.07, 6.45) is 2.55. The van der Waals surface area contributed by atoms with E-state index < -0.39 is 0 Å². The maximum atomic E-state index is 13.0. The molecule has 1 saturated carbocycles. The van der Waals surface area contributed by atoms with Gasteiger partial charge in [-0.15, -0.1) is 0 Å². The van der Waals surface area contributed by atoms with Crippen LogP contribution in [0.1, 0.15) is 18.4 Å². The van der Waals surface area contributed by atoms with Gasteiger partial charge in [0.1, 0.15) is 11.9 Å². The van der Waals surface area contributed by atoms with Crippen molar-refractivity contribution >= 4 is 5.69 Å². The molecule has 18 heavy (non-hydrogen) atoms. The minimum atomic E-state index is -0.372. The maximum Gasteiger partial charge on any atom is 0.124 e. The van der Waals surface area contributed by atoms with Crippen molar-refractivity contribution in [2.24, 2.45) is 5.92 Å². The van der Waals surface area contributed by atoms with Crippen LogP contribution in [-0.4, -0.2) is 31.6 Å². The predicted octanol–water partition coefficient (Wildman–Crippen LogP) is 2.45. The van der Waals surface area contributed by atoms with Crippen molar-refractivity contribution in [3.05, 3.63) is 29.6 Å². The van der Waals surface area contributed by atoms with E-state index in [1.54, 1.807) is 6.07 Å². The third-order valence-electron chi connectivity index (χ3n) is 3.43. The average Bonchev–Trinajstić information content (AvgIpc) is 3.15. The molecule has 96 valence electrons. The maximum absolute atomic E-state index is 13.0. The number of nitrogens with zero attached hydrogens (tertiary/aromatic N) is 2. The van der Waals surface area contributed by atoms with Crippen LogP contribution in [0.15, 0.2) is 18.2 Å². The zero-order chi connectivity index (χ0) is 13.1. The minimum absolute atomic E-state index is 0.364. The molecule has 0 aromatic heterocycles. The lowest BCUT2D eigenvalue weighted by atomic mass is 10.1. The summed E-state index contributed by atoms with van der Waals surface area (Å²) in [5, 5.41) is 12.2. The first-order valence-corrected chi connectivity index (χ1v) is 6.21. The van der Waals surface area contributed by atoms with Crippen LogP contribution in [0, 0.1) is 23.1 Å². The van der Waals surface area contributed by atoms with E-state index in [9.17, 15) is 4.39 Å². The fourth-order valence-corrected chi connectivity index (χ4v) is 2.23. The highest BCUT2D eigenvalue weighted by molar-refractivity contribution is 5.57. The Morgan fingerprint density at radius 1 is 1.50 bits per heavy atom. The second-order valence-corrected chi connectivity index (χ2v) is 5.05. The largest absolute Gasteiger partial charge is 0.382 e. The van der Waals surface area contributed by atoms with Crippen LogP contribution >= 0.6 is 0 Å². The van der Waals surface area contributed by atoms with Gasteiger partial charge in [0.25, 0.3) is 0 Å². The summed E-state index contributed by atoms with van der Waals surface area (Å²) in [5.74, 6) is 0.377. The van der Waals surface area contributed by atoms with E-state index >= 15 is 0 Å². The highest BCUT2D eigenvalue weighted by Crippen LogP contribution is 2.34.